The maximum atomic E-state index is 6.50. The summed E-state index contributed by atoms with van der Waals surface area (Å²) < 4.78 is 1.36. The number of rotatable bonds is 3. The molecule has 0 aliphatic carbocycles. The molecule has 1 aromatic rings. The van der Waals surface area contributed by atoms with E-state index in [1.807, 2.05) is 21.0 Å². The summed E-state index contributed by atoms with van der Waals surface area (Å²) in [5, 5.41) is 9.59. The summed E-state index contributed by atoms with van der Waals surface area (Å²) >= 11 is 3.69. The zero-order chi connectivity index (χ0) is 8.53. The van der Waals surface area contributed by atoms with Crippen LogP contribution in [0.3, 0.4) is 0 Å². The molecule has 0 fully saturated rings. The molecule has 0 saturated heterocycles. The van der Waals surface area contributed by atoms with E-state index in [1.54, 1.807) is 11.3 Å². The third kappa shape index (κ3) is 6.74. The van der Waals surface area contributed by atoms with Crippen molar-refractivity contribution in [3.63, 3.8) is 0 Å². The van der Waals surface area contributed by atoms with E-state index in [1.165, 1.54) is 3.78 Å². The van der Waals surface area contributed by atoms with Gasteiger partial charge in [0, 0.05) is 6.57 Å². The summed E-state index contributed by atoms with van der Waals surface area (Å²) in [6, 6.07) is 4.18. The van der Waals surface area contributed by atoms with Crippen molar-refractivity contribution in [3.05, 3.63) is 30.2 Å². The van der Waals surface area contributed by atoms with Gasteiger partial charge >= 0.3 is 84.4 Å². The van der Waals surface area contributed by atoms with Crippen LogP contribution in [0.1, 0.15) is 0 Å². The van der Waals surface area contributed by atoms with Gasteiger partial charge in [0.1, 0.15) is 0 Å². The standard InChI is InChI=1S/C4H3S.C3H5.CHN.Cu.Li.H/c1-2-4-5-3-1;1-3-2;1-2;;;/h1-3H;3H,1-2H2;1H;;;. The van der Waals surface area contributed by atoms with Gasteiger partial charge in [-0.2, -0.15) is 0 Å². The van der Waals surface area contributed by atoms with Crippen molar-refractivity contribution < 1.29 is 15.0 Å². The van der Waals surface area contributed by atoms with Crippen LogP contribution in [0.15, 0.2) is 30.2 Å². The van der Waals surface area contributed by atoms with Crippen molar-refractivity contribution in [1.82, 2.24) is 0 Å². The van der Waals surface area contributed by atoms with Gasteiger partial charge in [-0.15, -0.1) is 0 Å². The van der Waals surface area contributed by atoms with E-state index < -0.39 is 0 Å². The third-order valence-corrected chi connectivity index (χ3v) is 3.00. The number of allylic oxidation sites excluding steroid dienone is 1. The molecule has 0 atom stereocenters. The summed E-state index contributed by atoms with van der Waals surface area (Å²) in [7, 11) is 0. The fourth-order valence-electron chi connectivity index (χ4n) is 0.411. The minimum absolute atomic E-state index is 0. The molecule has 1 rings (SSSR count). The summed E-state index contributed by atoms with van der Waals surface area (Å²) in [6.07, 6.45) is 1.92. The van der Waals surface area contributed by atoms with E-state index >= 15 is 0 Å². The first-order valence-corrected chi connectivity index (χ1v) is 4.85. The molecule has 0 spiro atoms. The normalized spacial score (nSPS) is 7.50. The topological polar surface area (TPSA) is 23.8 Å². The number of hydrogen-bond donors (Lipinski definition) is 0. The van der Waals surface area contributed by atoms with Gasteiger partial charge in [-0.3, -0.25) is 0 Å². The predicted molar refractivity (Wildman–Crippen MR) is 52.8 cm³/mol. The van der Waals surface area contributed by atoms with Crippen LogP contribution >= 0.6 is 11.3 Å². The first-order chi connectivity index (χ1) is 5.43. The van der Waals surface area contributed by atoms with Gasteiger partial charge in [0.2, 0.25) is 0 Å². The van der Waals surface area contributed by atoms with E-state index in [9.17, 15) is 0 Å². The summed E-state index contributed by atoms with van der Waals surface area (Å²) in [4.78, 5) is 0. The average Bonchev–Trinajstić information content (AvgIpc) is 2.57. The molecule has 4 heteroatoms. The molecule has 0 saturated carbocycles. The molecule has 0 aliphatic rings. The Kier molecular flexibility index (Phi) is 13.4. The Morgan fingerprint density at radius 3 is 2.75 bits per heavy atom. The molecule has 0 radical (unpaired) electrons. The molecule has 0 bridgehead atoms. The van der Waals surface area contributed by atoms with Gasteiger partial charge < -0.3 is 0 Å². The minimum atomic E-state index is 0. The van der Waals surface area contributed by atoms with Crippen molar-refractivity contribution in [3.8, 4) is 6.57 Å². The number of nitrogens with zero attached hydrogens (tertiary/aromatic N) is 1. The third-order valence-electron chi connectivity index (χ3n) is 0.718. The van der Waals surface area contributed by atoms with Crippen LogP contribution < -0.4 is 3.78 Å². The summed E-state index contributed by atoms with van der Waals surface area (Å²) in [5.41, 5.74) is 0. The first kappa shape index (κ1) is 14.6. The maximum absolute atomic E-state index is 6.50. The van der Waals surface area contributed by atoms with Gasteiger partial charge in [0.05, 0.1) is 0 Å². The van der Waals surface area contributed by atoms with Crippen LogP contribution in [-0.4, -0.2) is 18.9 Å². The fourth-order valence-corrected chi connectivity index (χ4v) is 2.06. The SMILES string of the molecule is C#N.C=C[CH2][Cu][c]1cccs1.[LiH]. The molecular weight excluding hydrogens is 213 g/mol. The van der Waals surface area contributed by atoms with Crippen LogP contribution in [0.5, 0.6) is 0 Å². The summed E-state index contributed by atoms with van der Waals surface area (Å²) in [5.74, 6) is 0. The van der Waals surface area contributed by atoms with Crippen LogP contribution in [0, 0.1) is 11.8 Å². The van der Waals surface area contributed by atoms with Crippen molar-refractivity contribution in [2.75, 3.05) is 0 Å². The molecule has 65 valence electrons. The second-order valence-corrected chi connectivity index (χ2v) is 3.83. The van der Waals surface area contributed by atoms with Gasteiger partial charge in [-0.1, -0.05) is 0 Å². The van der Waals surface area contributed by atoms with Crippen LogP contribution in [0.2, 0.25) is 5.32 Å². The van der Waals surface area contributed by atoms with Crippen molar-refractivity contribution >= 4 is 34.0 Å². The predicted octanol–water partition coefficient (Wildman–Crippen LogP) is 1.55. The van der Waals surface area contributed by atoms with Crippen molar-refractivity contribution in [2.45, 2.75) is 5.32 Å². The van der Waals surface area contributed by atoms with E-state index in [2.05, 4.69) is 30.7 Å². The van der Waals surface area contributed by atoms with Crippen LogP contribution in [-0.2, 0) is 15.0 Å². The zero-order valence-electron chi connectivity index (χ0n) is 5.96. The Morgan fingerprint density at radius 2 is 2.33 bits per heavy atom. The molecule has 12 heavy (non-hydrogen) atoms. The summed E-state index contributed by atoms with van der Waals surface area (Å²) in [6.45, 7) is 7.14. The Morgan fingerprint density at radius 1 is 1.67 bits per heavy atom. The van der Waals surface area contributed by atoms with E-state index in [-0.39, 0.29) is 18.9 Å². The van der Waals surface area contributed by atoms with Gasteiger partial charge in [0.25, 0.3) is 0 Å². The van der Waals surface area contributed by atoms with Gasteiger partial charge in [0.15, 0.2) is 0 Å². The number of thiophene rings is 1. The molecule has 0 aliphatic heterocycles. The Bertz CT molecular complexity index is 208. The quantitative estimate of drug-likeness (QED) is 0.563. The number of nitriles is 1. The van der Waals surface area contributed by atoms with E-state index in [0.717, 1.165) is 5.32 Å². The van der Waals surface area contributed by atoms with Gasteiger partial charge in [-0.05, 0) is 0 Å². The first-order valence-electron chi connectivity index (χ1n) is 2.83. The van der Waals surface area contributed by atoms with E-state index in [4.69, 9.17) is 5.26 Å². The molecule has 0 aromatic carbocycles. The Labute approximate surface area is 95.8 Å². The molecular formula is C8H10CuLiNS. The fraction of sp³-hybridized carbons (Fsp3) is 0.125. The van der Waals surface area contributed by atoms with Gasteiger partial charge in [-0.25, -0.2) is 5.26 Å². The van der Waals surface area contributed by atoms with E-state index in [0.29, 0.717) is 0 Å². The molecule has 0 amide bonds. The molecule has 1 heterocycles. The van der Waals surface area contributed by atoms with Crippen molar-refractivity contribution in [2.24, 2.45) is 0 Å². The average molecular weight is 223 g/mol. The molecule has 1 nitrogen and oxygen atoms in total. The monoisotopic (exact) mass is 222 g/mol. The van der Waals surface area contributed by atoms with Crippen molar-refractivity contribution in [1.29, 1.82) is 5.26 Å². The molecule has 0 N–H and O–H groups in total. The number of hydrogen-bond acceptors (Lipinski definition) is 2. The zero-order valence-corrected chi connectivity index (χ0v) is 7.72. The molecule has 0 unspecified atom stereocenters. The van der Waals surface area contributed by atoms with Crippen LogP contribution in [0.25, 0.3) is 0 Å². The second-order valence-electron chi connectivity index (χ2n) is 1.40. The Balaban J connectivity index is 0. The Hall–Kier alpha value is 0.0469. The second kappa shape index (κ2) is 11.0. The molecule has 1 aromatic heterocycles. The van der Waals surface area contributed by atoms with Crippen LogP contribution in [0.4, 0.5) is 0 Å².